The highest BCUT2D eigenvalue weighted by molar-refractivity contribution is 6.54. The van der Waals surface area contributed by atoms with Crippen molar-refractivity contribution < 1.29 is 18.7 Å². The van der Waals surface area contributed by atoms with E-state index in [0.29, 0.717) is 17.4 Å². The standard InChI is InChI=1S/C10H17O4Si/c1-7(11)14-15(2)10(8-3-12-4-8)9-5-13-6-9/h8-10H,3-6H2,1-2H3. The monoisotopic (exact) mass is 229 g/mol. The summed E-state index contributed by atoms with van der Waals surface area (Å²) in [5.74, 6) is 1.01. The first kappa shape index (κ1) is 11.1. The molecule has 0 aromatic heterocycles. The lowest BCUT2D eigenvalue weighted by Gasteiger charge is -2.43. The second-order valence-electron chi connectivity index (χ2n) is 4.33. The van der Waals surface area contributed by atoms with E-state index in [1.807, 2.05) is 0 Å². The summed E-state index contributed by atoms with van der Waals surface area (Å²) in [7, 11) is -1.06. The van der Waals surface area contributed by atoms with E-state index in [0.717, 1.165) is 26.4 Å². The molecule has 2 aliphatic rings. The van der Waals surface area contributed by atoms with Crippen molar-refractivity contribution in [2.75, 3.05) is 26.4 Å². The SMILES string of the molecule is CC(=O)O[Si](C)C(C1COC1)C1COC1. The molecule has 2 saturated heterocycles. The largest absolute Gasteiger partial charge is 0.518 e. The Balaban J connectivity index is 1.93. The Bertz CT molecular complexity index is 224. The van der Waals surface area contributed by atoms with Gasteiger partial charge in [-0.05, 0) is 6.55 Å². The summed E-state index contributed by atoms with van der Waals surface area (Å²) in [4.78, 5) is 11.0. The molecule has 0 unspecified atom stereocenters. The van der Waals surface area contributed by atoms with Gasteiger partial charge in [-0.25, -0.2) is 0 Å². The first-order chi connectivity index (χ1) is 7.18. The molecule has 0 aromatic rings. The van der Waals surface area contributed by atoms with Crippen LogP contribution in [0.2, 0.25) is 12.1 Å². The van der Waals surface area contributed by atoms with Gasteiger partial charge in [0.2, 0.25) is 0 Å². The molecule has 0 N–H and O–H groups in total. The summed E-state index contributed by atoms with van der Waals surface area (Å²) in [5.41, 5.74) is 0.501. The molecule has 0 spiro atoms. The van der Waals surface area contributed by atoms with Gasteiger partial charge in [0.05, 0.1) is 26.4 Å². The molecule has 0 aliphatic carbocycles. The zero-order chi connectivity index (χ0) is 10.8. The van der Waals surface area contributed by atoms with E-state index in [1.54, 1.807) is 0 Å². The number of carbonyl (C=O) groups excluding carboxylic acids is 1. The zero-order valence-corrected chi connectivity index (χ0v) is 10.2. The van der Waals surface area contributed by atoms with Crippen molar-refractivity contribution in [3.05, 3.63) is 0 Å². The molecule has 0 amide bonds. The summed E-state index contributed by atoms with van der Waals surface area (Å²) < 4.78 is 15.8. The second-order valence-corrected chi connectivity index (χ2v) is 6.42. The average Bonchev–Trinajstić information content (AvgIpc) is 1.94. The van der Waals surface area contributed by atoms with E-state index in [-0.39, 0.29) is 5.97 Å². The predicted octanol–water partition coefficient (Wildman–Crippen LogP) is 0.834. The van der Waals surface area contributed by atoms with Crippen LogP contribution in [0.1, 0.15) is 6.92 Å². The highest BCUT2D eigenvalue weighted by Gasteiger charge is 2.43. The third kappa shape index (κ3) is 2.41. The van der Waals surface area contributed by atoms with Crippen LogP contribution in [0.15, 0.2) is 0 Å². The number of rotatable bonds is 4. The van der Waals surface area contributed by atoms with Gasteiger partial charge >= 0.3 is 0 Å². The highest BCUT2D eigenvalue weighted by Crippen LogP contribution is 2.39. The first-order valence-corrected chi connectivity index (χ1v) is 7.34. The zero-order valence-electron chi connectivity index (χ0n) is 9.19. The van der Waals surface area contributed by atoms with Crippen LogP contribution in [0, 0.1) is 11.8 Å². The second kappa shape index (κ2) is 4.63. The van der Waals surface area contributed by atoms with Gasteiger partial charge in [-0.1, -0.05) is 0 Å². The molecular formula is C10H17O4Si. The Morgan fingerprint density at radius 2 is 1.73 bits per heavy atom. The Morgan fingerprint density at radius 3 is 2.00 bits per heavy atom. The molecule has 0 saturated carbocycles. The quantitative estimate of drug-likeness (QED) is 0.670. The van der Waals surface area contributed by atoms with Crippen LogP contribution < -0.4 is 0 Å². The van der Waals surface area contributed by atoms with Crippen LogP contribution in [-0.2, 0) is 18.7 Å². The fourth-order valence-electron chi connectivity index (χ4n) is 2.27. The molecule has 2 heterocycles. The molecule has 1 radical (unpaired) electrons. The van der Waals surface area contributed by atoms with Crippen molar-refractivity contribution in [3.63, 3.8) is 0 Å². The van der Waals surface area contributed by atoms with Crippen LogP contribution in [0.25, 0.3) is 0 Å². The Kier molecular flexibility index (Phi) is 3.43. The molecule has 85 valence electrons. The summed E-state index contributed by atoms with van der Waals surface area (Å²) in [5, 5.41) is 0. The molecule has 0 aromatic carbocycles. The molecule has 2 rings (SSSR count). The van der Waals surface area contributed by atoms with Crippen molar-refractivity contribution in [2.45, 2.75) is 19.0 Å². The molecular weight excluding hydrogens is 212 g/mol. The lowest BCUT2D eigenvalue weighted by atomic mass is 9.91. The average molecular weight is 229 g/mol. The minimum atomic E-state index is -1.06. The van der Waals surface area contributed by atoms with Crippen molar-refractivity contribution in [1.29, 1.82) is 0 Å². The van der Waals surface area contributed by atoms with Gasteiger partial charge in [-0.2, -0.15) is 0 Å². The van der Waals surface area contributed by atoms with Gasteiger partial charge < -0.3 is 13.9 Å². The van der Waals surface area contributed by atoms with E-state index in [4.69, 9.17) is 13.9 Å². The molecule has 5 heteroatoms. The molecule has 0 bridgehead atoms. The summed E-state index contributed by atoms with van der Waals surface area (Å²) >= 11 is 0. The van der Waals surface area contributed by atoms with E-state index in [1.165, 1.54) is 6.92 Å². The maximum absolute atomic E-state index is 11.0. The van der Waals surface area contributed by atoms with Gasteiger partial charge in [0.1, 0.15) is 0 Å². The third-order valence-electron chi connectivity index (χ3n) is 3.12. The number of hydrogen-bond donors (Lipinski definition) is 0. The molecule has 0 atom stereocenters. The van der Waals surface area contributed by atoms with Crippen LogP contribution in [0.5, 0.6) is 0 Å². The minimum Gasteiger partial charge on any atom is -0.518 e. The lowest BCUT2D eigenvalue weighted by Crippen LogP contribution is -2.48. The summed E-state index contributed by atoms with van der Waals surface area (Å²) in [6, 6.07) is 0. The molecule has 2 fully saturated rings. The van der Waals surface area contributed by atoms with Gasteiger partial charge in [0, 0.05) is 24.3 Å². The topological polar surface area (TPSA) is 44.8 Å². The van der Waals surface area contributed by atoms with E-state index in [9.17, 15) is 4.79 Å². The normalized spacial score (nSPS) is 22.7. The summed E-state index contributed by atoms with van der Waals surface area (Å²) in [6.45, 7) is 6.86. The molecule has 2 aliphatic heterocycles. The molecule has 15 heavy (non-hydrogen) atoms. The molecule has 4 nitrogen and oxygen atoms in total. The van der Waals surface area contributed by atoms with Crippen LogP contribution in [-0.4, -0.2) is 41.4 Å². The van der Waals surface area contributed by atoms with Crippen molar-refractivity contribution in [2.24, 2.45) is 11.8 Å². The fraction of sp³-hybridized carbons (Fsp3) is 0.900. The van der Waals surface area contributed by atoms with Crippen LogP contribution in [0.4, 0.5) is 0 Å². The van der Waals surface area contributed by atoms with Crippen molar-refractivity contribution >= 4 is 15.0 Å². The van der Waals surface area contributed by atoms with Gasteiger partial charge in [-0.15, -0.1) is 0 Å². The number of ether oxygens (including phenoxy) is 2. The van der Waals surface area contributed by atoms with E-state index in [2.05, 4.69) is 6.55 Å². The number of carbonyl (C=O) groups is 1. The highest BCUT2D eigenvalue weighted by atomic mass is 28.3. The van der Waals surface area contributed by atoms with Gasteiger partial charge in [-0.3, -0.25) is 4.79 Å². The van der Waals surface area contributed by atoms with Crippen LogP contribution >= 0.6 is 0 Å². The third-order valence-corrected chi connectivity index (χ3v) is 5.61. The van der Waals surface area contributed by atoms with Crippen LogP contribution in [0.3, 0.4) is 0 Å². The lowest BCUT2D eigenvalue weighted by molar-refractivity contribution is -0.133. The van der Waals surface area contributed by atoms with Gasteiger partial charge in [0.25, 0.3) is 15.0 Å². The fourth-order valence-corrected chi connectivity index (χ4v) is 4.57. The maximum atomic E-state index is 11.0. The number of hydrogen-bond acceptors (Lipinski definition) is 4. The maximum Gasteiger partial charge on any atom is 0.289 e. The Morgan fingerprint density at radius 1 is 1.27 bits per heavy atom. The van der Waals surface area contributed by atoms with Crippen molar-refractivity contribution in [1.82, 2.24) is 0 Å². The summed E-state index contributed by atoms with van der Waals surface area (Å²) in [6.07, 6.45) is 0. The van der Waals surface area contributed by atoms with Gasteiger partial charge in [0.15, 0.2) is 0 Å². The first-order valence-electron chi connectivity index (χ1n) is 5.36. The predicted molar refractivity (Wildman–Crippen MR) is 55.8 cm³/mol. The smallest absolute Gasteiger partial charge is 0.289 e. The minimum absolute atomic E-state index is 0.156. The Labute approximate surface area is 91.6 Å². The van der Waals surface area contributed by atoms with E-state index >= 15 is 0 Å². The Hall–Kier alpha value is -0.393. The van der Waals surface area contributed by atoms with Crippen molar-refractivity contribution in [3.8, 4) is 0 Å². The van der Waals surface area contributed by atoms with E-state index < -0.39 is 9.04 Å².